The average molecular weight is 383 g/mol. The summed E-state index contributed by atoms with van der Waals surface area (Å²) in [4.78, 5) is 30.0. The van der Waals surface area contributed by atoms with E-state index in [0.29, 0.717) is 36.9 Å². The van der Waals surface area contributed by atoms with Crippen molar-refractivity contribution in [3.05, 3.63) is 48.3 Å². The normalized spacial score (nSPS) is 16.4. The van der Waals surface area contributed by atoms with E-state index in [1.165, 1.54) is 6.92 Å². The van der Waals surface area contributed by atoms with Crippen LogP contribution in [0.15, 0.2) is 42.7 Å². The molecule has 2 amide bonds. The Morgan fingerprint density at radius 1 is 1.29 bits per heavy atom. The zero-order valence-electron chi connectivity index (χ0n) is 16.2. The SMILES string of the molecule is COc1ccc(NC(=O)[C@H]2CCCN(C(C)=O)C2)cc1OCc1cccnc1. The van der Waals surface area contributed by atoms with Crippen LogP contribution in [0.2, 0.25) is 0 Å². The maximum Gasteiger partial charge on any atom is 0.229 e. The number of aromatic nitrogens is 1. The number of amides is 2. The third kappa shape index (κ3) is 5.00. The Labute approximate surface area is 164 Å². The minimum Gasteiger partial charge on any atom is -0.493 e. The minimum atomic E-state index is -0.209. The zero-order chi connectivity index (χ0) is 19.9. The van der Waals surface area contributed by atoms with Crippen LogP contribution in [0, 0.1) is 5.92 Å². The number of carbonyl (C=O) groups excluding carboxylic acids is 2. The van der Waals surface area contributed by atoms with E-state index >= 15 is 0 Å². The lowest BCUT2D eigenvalue weighted by Crippen LogP contribution is -2.42. The molecule has 7 heteroatoms. The van der Waals surface area contributed by atoms with E-state index in [1.807, 2.05) is 12.1 Å². The molecule has 1 atom stereocenters. The molecule has 7 nitrogen and oxygen atoms in total. The van der Waals surface area contributed by atoms with Gasteiger partial charge in [-0.25, -0.2) is 0 Å². The standard InChI is InChI=1S/C21H25N3O4/c1-15(25)24-10-4-6-17(13-24)21(26)23-18-7-8-19(27-2)20(11-18)28-14-16-5-3-9-22-12-16/h3,5,7-9,11-12,17H,4,6,10,13-14H2,1-2H3,(H,23,26)/t17-/m0/s1. The first-order valence-electron chi connectivity index (χ1n) is 9.33. The second-order valence-corrected chi connectivity index (χ2v) is 6.81. The van der Waals surface area contributed by atoms with Gasteiger partial charge in [-0.05, 0) is 31.0 Å². The lowest BCUT2D eigenvalue weighted by atomic mass is 9.97. The van der Waals surface area contributed by atoms with Crippen molar-refractivity contribution in [2.45, 2.75) is 26.4 Å². The molecule has 0 spiro atoms. The minimum absolute atomic E-state index is 0.00744. The van der Waals surface area contributed by atoms with Crippen molar-refractivity contribution < 1.29 is 19.1 Å². The van der Waals surface area contributed by atoms with Gasteiger partial charge in [0.05, 0.1) is 13.0 Å². The van der Waals surface area contributed by atoms with Crippen molar-refractivity contribution in [3.8, 4) is 11.5 Å². The summed E-state index contributed by atoms with van der Waals surface area (Å²) in [5.41, 5.74) is 1.57. The summed E-state index contributed by atoms with van der Waals surface area (Å²) >= 11 is 0. The number of anilines is 1. The Morgan fingerprint density at radius 3 is 2.86 bits per heavy atom. The van der Waals surface area contributed by atoms with Gasteiger partial charge in [-0.2, -0.15) is 0 Å². The number of nitrogens with one attached hydrogen (secondary N) is 1. The second kappa shape index (κ2) is 9.21. The van der Waals surface area contributed by atoms with Crippen LogP contribution < -0.4 is 14.8 Å². The second-order valence-electron chi connectivity index (χ2n) is 6.81. The smallest absolute Gasteiger partial charge is 0.229 e. The van der Waals surface area contributed by atoms with Gasteiger partial charge in [-0.3, -0.25) is 14.6 Å². The van der Waals surface area contributed by atoms with Crippen LogP contribution in [0.5, 0.6) is 11.5 Å². The molecule has 28 heavy (non-hydrogen) atoms. The fourth-order valence-corrected chi connectivity index (χ4v) is 3.23. The predicted octanol–water partition coefficient (Wildman–Crippen LogP) is 2.87. The summed E-state index contributed by atoms with van der Waals surface area (Å²) in [7, 11) is 1.57. The van der Waals surface area contributed by atoms with Crippen molar-refractivity contribution >= 4 is 17.5 Å². The summed E-state index contributed by atoms with van der Waals surface area (Å²) in [6.07, 6.45) is 5.05. The Kier molecular flexibility index (Phi) is 6.47. The van der Waals surface area contributed by atoms with E-state index in [0.717, 1.165) is 18.4 Å². The number of benzene rings is 1. The highest BCUT2D eigenvalue weighted by molar-refractivity contribution is 5.93. The molecule has 1 aliphatic heterocycles. The molecule has 0 unspecified atom stereocenters. The third-order valence-corrected chi connectivity index (χ3v) is 4.79. The molecule has 148 valence electrons. The summed E-state index contributed by atoms with van der Waals surface area (Å²) in [5, 5.41) is 2.94. The highest BCUT2D eigenvalue weighted by Crippen LogP contribution is 2.31. The largest absolute Gasteiger partial charge is 0.493 e. The number of ether oxygens (including phenoxy) is 2. The van der Waals surface area contributed by atoms with Crippen molar-refractivity contribution in [1.82, 2.24) is 9.88 Å². The van der Waals surface area contributed by atoms with Gasteiger partial charge in [0.15, 0.2) is 11.5 Å². The first-order valence-corrected chi connectivity index (χ1v) is 9.33. The number of carbonyl (C=O) groups is 2. The summed E-state index contributed by atoms with van der Waals surface area (Å²) in [5.74, 6) is 0.836. The van der Waals surface area contributed by atoms with Gasteiger partial charge in [0.25, 0.3) is 0 Å². The molecule has 1 fully saturated rings. The quantitative estimate of drug-likeness (QED) is 0.830. The van der Waals surface area contributed by atoms with Gasteiger partial charge in [0.1, 0.15) is 6.61 Å². The van der Waals surface area contributed by atoms with Gasteiger partial charge in [-0.15, -0.1) is 0 Å². The molecule has 1 N–H and O–H groups in total. The maximum atomic E-state index is 12.7. The lowest BCUT2D eigenvalue weighted by molar-refractivity contribution is -0.132. The molecule has 0 bridgehead atoms. The van der Waals surface area contributed by atoms with E-state index in [1.54, 1.807) is 42.6 Å². The molecule has 1 saturated heterocycles. The first-order chi connectivity index (χ1) is 13.6. The average Bonchev–Trinajstić information content (AvgIpc) is 2.73. The molecular formula is C21H25N3O4. The van der Waals surface area contributed by atoms with Crippen LogP contribution in [0.3, 0.4) is 0 Å². The molecule has 3 rings (SSSR count). The molecule has 2 heterocycles. The number of pyridine rings is 1. The van der Waals surface area contributed by atoms with E-state index in [2.05, 4.69) is 10.3 Å². The summed E-state index contributed by atoms with van der Waals surface area (Å²) in [6.45, 7) is 3.06. The van der Waals surface area contributed by atoms with Crippen molar-refractivity contribution in [1.29, 1.82) is 0 Å². The molecule has 0 aliphatic carbocycles. The van der Waals surface area contributed by atoms with Gasteiger partial charge < -0.3 is 19.7 Å². The number of rotatable bonds is 6. The molecule has 1 aliphatic rings. The van der Waals surface area contributed by atoms with Crippen LogP contribution in [0.1, 0.15) is 25.3 Å². The summed E-state index contributed by atoms with van der Waals surface area (Å²) in [6, 6.07) is 9.06. The number of nitrogens with zero attached hydrogens (tertiary/aromatic N) is 2. The molecule has 0 saturated carbocycles. The van der Waals surface area contributed by atoms with E-state index in [9.17, 15) is 9.59 Å². The van der Waals surface area contributed by atoms with Gasteiger partial charge in [0.2, 0.25) is 11.8 Å². The Balaban J connectivity index is 1.66. The van der Waals surface area contributed by atoms with Crippen LogP contribution in [0.25, 0.3) is 0 Å². The van der Waals surface area contributed by atoms with Crippen molar-refractivity contribution in [3.63, 3.8) is 0 Å². The molecule has 1 aromatic carbocycles. The van der Waals surface area contributed by atoms with Crippen LogP contribution in [-0.4, -0.2) is 41.9 Å². The fraction of sp³-hybridized carbons (Fsp3) is 0.381. The highest BCUT2D eigenvalue weighted by atomic mass is 16.5. The molecular weight excluding hydrogens is 358 g/mol. The first kappa shape index (κ1) is 19.7. The van der Waals surface area contributed by atoms with Gasteiger partial charge in [-0.1, -0.05) is 6.07 Å². The monoisotopic (exact) mass is 383 g/mol. The predicted molar refractivity (Wildman–Crippen MR) is 105 cm³/mol. The number of likely N-dealkylation sites (tertiary alicyclic amines) is 1. The fourth-order valence-electron chi connectivity index (χ4n) is 3.23. The van der Waals surface area contributed by atoms with Crippen LogP contribution in [0.4, 0.5) is 5.69 Å². The van der Waals surface area contributed by atoms with Crippen LogP contribution >= 0.6 is 0 Å². The number of hydrogen-bond donors (Lipinski definition) is 1. The Morgan fingerprint density at radius 2 is 2.14 bits per heavy atom. The Bertz CT molecular complexity index is 826. The van der Waals surface area contributed by atoms with E-state index < -0.39 is 0 Å². The maximum absolute atomic E-state index is 12.7. The summed E-state index contributed by atoms with van der Waals surface area (Å²) < 4.78 is 11.2. The molecule has 1 aromatic heterocycles. The Hall–Kier alpha value is -3.09. The number of hydrogen-bond acceptors (Lipinski definition) is 5. The highest BCUT2D eigenvalue weighted by Gasteiger charge is 2.27. The lowest BCUT2D eigenvalue weighted by Gasteiger charge is -2.31. The van der Waals surface area contributed by atoms with E-state index in [-0.39, 0.29) is 17.7 Å². The van der Waals surface area contributed by atoms with E-state index in [4.69, 9.17) is 9.47 Å². The third-order valence-electron chi connectivity index (χ3n) is 4.79. The molecule has 0 radical (unpaired) electrons. The van der Waals surface area contributed by atoms with Crippen LogP contribution in [-0.2, 0) is 16.2 Å². The topological polar surface area (TPSA) is 80.8 Å². The van der Waals surface area contributed by atoms with Crippen molar-refractivity contribution in [2.24, 2.45) is 5.92 Å². The van der Waals surface area contributed by atoms with Gasteiger partial charge >= 0.3 is 0 Å². The van der Waals surface area contributed by atoms with Crippen molar-refractivity contribution in [2.75, 3.05) is 25.5 Å². The number of methoxy groups -OCH3 is 1. The zero-order valence-corrected chi connectivity index (χ0v) is 16.2. The molecule has 2 aromatic rings. The van der Waals surface area contributed by atoms with Gasteiger partial charge in [0, 0.05) is 49.7 Å². The number of piperidine rings is 1.